The number of nitrogens with one attached hydrogen (secondary N) is 1. The Morgan fingerprint density at radius 3 is 2.30 bits per heavy atom. The molecular weight excluding hydrogens is 358 g/mol. The summed E-state index contributed by atoms with van der Waals surface area (Å²) in [6, 6.07) is 10.4. The smallest absolute Gasteiger partial charge is 0.141 e. The van der Waals surface area contributed by atoms with E-state index in [9.17, 15) is 0 Å². The van der Waals surface area contributed by atoms with Crippen molar-refractivity contribution in [1.29, 1.82) is 0 Å². The number of hydrogen-bond acceptors (Lipinski definition) is 4. The second-order valence-corrected chi connectivity index (χ2v) is 8.66. The third kappa shape index (κ3) is 4.37. The van der Waals surface area contributed by atoms with Gasteiger partial charge in [0.2, 0.25) is 0 Å². The van der Waals surface area contributed by atoms with E-state index in [1.54, 1.807) is 0 Å². The van der Waals surface area contributed by atoms with Crippen LogP contribution in [0.15, 0.2) is 30.3 Å². The van der Waals surface area contributed by atoms with Gasteiger partial charge in [-0.25, -0.2) is 4.98 Å². The average molecular weight is 390 g/mol. The van der Waals surface area contributed by atoms with Crippen molar-refractivity contribution in [2.75, 3.05) is 39.8 Å². The summed E-state index contributed by atoms with van der Waals surface area (Å²) in [4.78, 5) is 10.0. The molecule has 2 heterocycles. The molecule has 1 fully saturated rings. The summed E-state index contributed by atoms with van der Waals surface area (Å²) in [6.45, 7) is 11.9. The molecule has 0 amide bonds. The highest BCUT2D eigenvalue weighted by Gasteiger charge is 2.32. The van der Waals surface area contributed by atoms with Gasteiger partial charge in [-0.15, -0.1) is 0 Å². The second-order valence-electron chi connectivity index (χ2n) is 8.30. The molecule has 148 valence electrons. The third-order valence-corrected chi connectivity index (χ3v) is 5.95. The van der Waals surface area contributed by atoms with E-state index in [-0.39, 0.29) is 11.6 Å². The predicted octanol–water partition coefficient (Wildman–Crippen LogP) is 3.42. The summed E-state index contributed by atoms with van der Waals surface area (Å²) >= 11 is 6.75. The lowest BCUT2D eigenvalue weighted by molar-refractivity contribution is 0.0411. The molecule has 6 heteroatoms. The molecule has 27 heavy (non-hydrogen) atoms. The maximum absolute atomic E-state index is 6.75. The minimum atomic E-state index is 0.174. The Morgan fingerprint density at radius 2 is 1.74 bits per heavy atom. The van der Waals surface area contributed by atoms with Crippen molar-refractivity contribution in [3.05, 3.63) is 41.2 Å². The molecule has 0 saturated carbocycles. The van der Waals surface area contributed by atoms with Crippen molar-refractivity contribution in [3.8, 4) is 11.4 Å². The first-order chi connectivity index (χ1) is 12.8. The van der Waals surface area contributed by atoms with Gasteiger partial charge >= 0.3 is 0 Å². The zero-order valence-corrected chi connectivity index (χ0v) is 17.9. The normalized spacial score (nSPS) is 18.0. The van der Waals surface area contributed by atoms with Gasteiger partial charge in [-0.2, -0.15) is 0 Å². The molecule has 3 rings (SSSR count). The molecule has 5 nitrogen and oxygen atoms in total. The lowest BCUT2D eigenvalue weighted by Gasteiger charge is -2.44. The highest BCUT2D eigenvalue weighted by molar-refractivity contribution is 6.30. The molecular formula is C21H32ClN5. The maximum Gasteiger partial charge on any atom is 0.141 e. The van der Waals surface area contributed by atoms with Gasteiger partial charge < -0.3 is 9.88 Å². The van der Waals surface area contributed by atoms with Crippen molar-refractivity contribution in [3.63, 3.8) is 0 Å². The van der Waals surface area contributed by atoms with Crippen molar-refractivity contribution in [2.24, 2.45) is 7.05 Å². The molecule has 1 N–H and O–H groups in total. The Kier molecular flexibility index (Phi) is 6.26. The highest BCUT2D eigenvalue weighted by Crippen LogP contribution is 2.32. The summed E-state index contributed by atoms with van der Waals surface area (Å²) in [5.41, 5.74) is 2.28. The van der Waals surface area contributed by atoms with Crippen LogP contribution in [-0.2, 0) is 7.05 Å². The minimum Gasteiger partial charge on any atom is -0.318 e. The van der Waals surface area contributed by atoms with Crippen LogP contribution in [0.2, 0.25) is 5.15 Å². The van der Waals surface area contributed by atoms with Crippen LogP contribution in [-0.4, -0.2) is 64.7 Å². The summed E-state index contributed by atoms with van der Waals surface area (Å²) < 4.78 is 2.00. The Hall–Kier alpha value is -1.40. The van der Waals surface area contributed by atoms with Gasteiger partial charge in [0, 0.05) is 50.9 Å². The molecule has 1 aliphatic heterocycles. The number of imidazole rings is 1. The number of likely N-dealkylation sites (N-methyl/N-ethyl adjacent to an activating group) is 1. The fraction of sp³-hybridized carbons (Fsp3) is 0.571. The molecule has 1 saturated heterocycles. The molecule has 0 radical (unpaired) electrons. The first-order valence-corrected chi connectivity index (χ1v) is 10.1. The second kappa shape index (κ2) is 8.31. The van der Waals surface area contributed by atoms with Crippen LogP contribution in [0, 0.1) is 0 Å². The first kappa shape index (κ1) is 20.3. The van der Waals surface area contributed by atoms with Gasteiger partial charge in [0.1, 0.15) is 11.0 Å². The topological polar surface area (TPSA) is 36.3 Å². The van der Waals surface area contributed by atoms with Crippen LogP contribution in [0.5, 0.6) is 0 Å². The Morgan fingerprint density at radius 1 is 1.11 bits per heavy atom. The van der Waals surface area contributed by atoms with Gasteiger partial charge in [0.25, 0.3) is 0 Å². The van der Waals surface area contributed by atoms with E-state index in [0.717, 1.165) is 55.0 Å². The molecule has 0 bridgehead atoms. The van der Waals surface area contributed by atoms with Crippen LogP contribution in [0.4, 0.5) is 0 Å². The van der Waals surface area contributed by atoms with E-state index in [0.29, 0.717) is 0 Å². The Bertz CT molecular complexity index is 742. The fourth-order valence-electron chi connectivity index (χ4n) is 3.85. The standard InChI is InChI=1S/C21H32ClN5/c1-21(2,3)27-13-11-26(12-14-27)17(15-23-4)18-19(22)25(5)20(24-18)16-9-7-6-8-10-16/h6-10,17,23H,11-15H2,1-5H3. The van der Waals surface area contributed by atoms with E-state index < -0.39 is 0 Å². The van der Waals surface area contributed by atoms with Crippen LogP contribution in [0.25, 0.3) is 11.4 Å². The number of halogens is 1. The van der Waals surface area contributed by atoms with Crippen LogP contribution < -0.4 is 5.32 Å². The lowest BCUT2D eigenvalue weighted by atomic mass is 10.0. The van der Waals surface area contributed by atoms with E-state index in [1.165, 1.54) is 0 Å². The number of nitrogens with zero attached hydrogens (tertiary/aromatic N) is 4. The Labute approximate surface area is 168 Å². The van der Waals surface area contributed by atoms with E-state index >= 15 is 0 Å². The summed E-state index contributed by atoms with van der Waals surface area (Å²) in [6.07, 6.45) is 0. The van der Waals surface area contributed by atoms with E-state index in [4.69, 9.17) is 16.6 Å². The third-order valence-electron chi connectivity index (χ3n) is 5.50. The largest absolute Gasteiger partial charge is 0.318 e. The summed E-state index contributed by atoms with van der Waals surface area (Å²) in [5.74, 6) is 0.921. The van der Waals surface area contributed by atoms with Crippen molar-refractivity contribution in [2.45, 2.75) is 32.4 Å². The molecule has 1 aromatic carbocycles. The number of benzene rings is 1. The molecule has 0 aliphatic carbocycles. The van der Waals surface area contributed by atoms with Gasteiger partial charge in [-0.3, -0.25) is 9.80 Å². The predicted molar refractivity (Wildman–Crippen MR) is 113 cm³/mol. The van der Waals surface area contributed by atoms with Crippen LogP contribution in [0.1, 0.15) is 32.5 Å². The maximum atomic E-state index is 6.75. The molecule has 1 unspecified atom stereocenters. The van der Waals surface area contributed by atoms with E-state index in [1.807, 2.05) is 36.9 Å². The van der Waals surface area contributed by atoms with Crippen LogP contribution in [0.3, 0.4) is 0 Å². The van der Waals surface area contributed by atoms with Crippen molar-refractivity contribution >= 4 is 11.6 Å². The molecule has 2 aromatic rings. The quantitative estimate of drug-likeness (QED) is 0.850. The summed E-state index contributed by atoms with van der Waals surface area (Å²) in [7, 11) is 3.99. The average Bonchev–Trinajstić information content (AvgIpc) is 2.95. The number of piperazine rings is 1. The zero-order chi connectivity index (χ0) is 19.6. The minimum absolute atomic E-state index is 0.174. The van der Waals surface area contributed by atoms with Gasteiger partial charge in [-0.1, -0.05) is 41.9 Å². The molecule has 0 spiro atoms. The number of aromatic nitrogens is 2. The number of hydrogen-bond donors (Lipinski definition) is 1. The SMILES string of the molecule is CNCC(c1nc(-c2ccccc2)n(C)c1Cl)N1CCN(C(C)(C)C)CC1. The van der Waals surface area contributed by atoms with Gasteiger partial charge in [-0.05, 0) is 27.8 Å². The molecule has 1 aromatic heterocycles. The molecule has 1 aliphatic rings. The first-order valence-electron chi connectivity index (χ1n) is 9.74. The van der Waals surface area contributed by atoms with Gasteiger partial charge in [0.05, 0.1) is 11.7 Å². The van der Waals surface area contributed by atoms with Gasteiger partial charge in [0.15, 0.2) is 0 Å². The monoisotopic (exact) mass is 389 g/mol. The fourth-order valence-corrected chi connectivity index (χ4v) is 4.10. The molecule has 1 atom stereocenters. The highest BCUT2D eigenvalue weighted by atomic mass is 35.5. The van der Waals surface area contributed by atoms with Crippen LogP contribution >= 0.6 is 11.6 Å². The van der Waals surface area contributed by atoms with Crippen molar-refractivity contribution < 1.29 is 0 Å². The van der Waals surface area contributed by atoms with Crippen molar-refractivity contribution in [1.82, 2.24) is 24.7 Å². The zero-order valence-electron chi connectivity index (χ0n) is 17.2. The number of rotatable bonds is 5. The lowest BCUT2D eigenvalue weighted by Crippen LogP contribution is -2.54. The van der Waals surface area contributed by atoms with E-state index in [2.05, 4.69) is 48.0 Å². The Balaban J connectivity index is 1.86. The summed E-state index contributed by atoms with van der Waals surface area (Å²) in [5, 5.41) is 4.07.